The molecule has 0 amide bonds. The molecule has 0 atom stereocenters. The second-order valence-corrected chi connectivity index (χ2v) is 13.8. The van der Waals surface area contributed by atoms with Crippen molar-refractivity contribution in [2.45, 2.75) is 6.54 Å². The number of anilines is 1. The van der Waals surface area contributed by atoms with E-state index in [1.54, 1.807) is 60.7 Å². The second-order valence-electron chi connectivity index (χ2n) is 11.2. The summed E-state index contributed by atoms with van der Waals surface area (Å²) in [6.45, 7) is 0.474. The lowest BCUT2D eigenvalue weighted by molar-refractivity contribution is 0.0697. The number of benzene rings is 5. The van der Waals surface area contributed by atoms with Crippen molar-refractivity contribution in [2.75, 3.05) is 11.0 Å². The molecule has 0 saturated heterocycles. The summed E-state index contributed by atoms with van der Waals surface area (Å²) in [5, 5.41) is 10.3. The van der Waals surface area contributed by atoms with Crippen molar-refractivity contribution in [3.63, 3.8) is 0 Å². The second kappa shape index (κ2) is 14.4. The number of aromatic nitrogens is 2. The number of carboxylic acids is 1. The molecule has 0 unspecified atom stereocenters. The third kappa shape index (κ3) is 8.77. The zero-order valence-corrected chi connectivity index (χ0v) is 28.4. The lowest BCUT2D eigenvalue weighted by Crippen LogP contribution is -2.09. The van der Waals surface area contributed by atoms with Crippen LogP contribution < -0.4 is 9.46 Å². The Labute approximate surface area is 293 Å². The fraction of sp³-hybridized carbons (Fsp3) is 0.0526. The van der Waals surface area contributed by atoms with Gasteiger partial charge >= 0.3 is 5.97 Å². The maximum absolute atomic E-state index is 11.4. The first-order chi connectivity index (χ1) is 23.5. The minimum atomic E-state index is -3.35. The normalized spacial score (nSPS) is 11.5. The molecular formula is C38H29Cl2N3O5S. The van der Waals surface area contributed by atoms with Gasteiger partial charge in [0.15, 0.2) is 0 Å². The number of rotatable bonds is 11. The molecule has 11 heteroatoms. The standard InChI is InChI=1S/C38H29Cl2N3O5S/c1-49(46,47)42-31-14-18-33(19-15-31)48-32-16-11-28(12-17-32)27-7-2-25(3-8-27)6-21-37-41-36(34-20-13-30(39)22-35(34)40)24-43(37)23-26-4-9-29(10-5-26)38(44)45/h2-22,24,42H,23H2,1H3,(H,44,45). The number of aromatic carboxylic acids is 1. The van der Waals surface area contributed by atoms with Crippen molar-refractivity contribution in [3.05, 3.63) is 154 Å². The molecule has 246 valence electrons. The summed E-state index contributed by atoms with van der Waals surface area (Å²) in [4.78, 5) is 16.2. The predicted octanol–water partition coefficient (Wildman–Crippen LogP) is 9.60. The van der Waals surface area contributed by atoms with E-state index in [2.05, 4.69) is 4.72 Å². The van der Waals surface area contributed by atoms with Crippen LogP contribution in [0.1, 0.15) is 27.3 Å². The molecule has 1 aromatic heterocycles. The van der Waals surface area contributed by atoms with Crippen LogP contribution in [0.5, 0.6) is 11.5 Å². The molecule has 0 fully saturated rings. The lowest BCUT2D eigenvalue weighted by Gasteiger charge is -2.09. The van der Waals surface area contributed by atoms with Gasteiger partial charge in [0.2, 0.25) is 10.0 Å². The monoisotopic (exact) mass is 709 g/mol. The fourth-order valence-electron chi connectivity index (χ4n) is 5.08. The molecule has 0 aliphatic rings. The Morgan fingerprint density at radius 3 is 2.04 bits per heavy atom. The van der Waals surface area contributed by atoms with Crippen LogP contribution in [0.15, 0.2) is 121 Å². The van der Waals surface area contributed by atoms with Crippen molar-refractivity contribution in [2.24, 2.45) is 0 Å². The molecule has 0 radical (unpaired) electrons. The molecule has 6 aromatic rings. The van der Waals surface area contributed by atoms with Gasteiger partial charge in [-0.25, -0.2) is 18.2 Å². The van der Waals surface area contributed by atoms with Crippen LogP contribution in [-0.2, 0) is 16.6 Å². The van der Waals surface area contributed by atoms with Crippen LogP contribution >= 0.6 is 23.2 Å². The summed E-state index contributed by atoms with van der Waals surface area (Å²) in [6.07, 6.45) is 6.94. The molecule has 8 nitrogen and oxygen atoms in total. The Kier molecular flexibility index (Phi) is 9.87. The van der Waals surface area contributed by atoms with Gasteiger partial charge in [-0.15, -0.1) is 0 Å². The van der Waals surface area contributed by atoms with E-state index in [-0.39, 0.29) is 5.56 Å². The van der Waals surface area contributed by atoms with Crippen LogP contribution in [0, 0.1) is 0 Å². The summed E-state index contributed by atoms with van der Waals surface area (Å²) in [5.41, 5.74) is 6.08. The number of nitrogens with one attached hydrogen (secondary N) is 1. The molecule has 1 heterocycles. The van der Waals surface area contributed by atoms with E-state index in [0.29, 0.717) is 45.3 Å². The highest BCUT2D eigenvalue weighted by molar-refractivity contribution is 7.92. The summed E-state index contributed by atoms with van der Waals surface area (Å²) in [6, 6.07) is 34.6. The van der Waals surface area contributed by atoms with Gasteiger partial charge < -0.3 is 14.4 Å². The highest BCUT2D eigenvalue weighted by atomic mass is 35.5. The van der Waals surface area contributed by atoms with Crippen molar-refractivity contribution in [1.82, 2.24) is 9.55 Å². The van der Waals surface area contributed by atoms with Crippen LogP contribution in [0.25, 0.3) is 34.5 Å². The Bertz CT molecular complexity index is 2250. The van der Waals surface area contributed by atoms with Gasteiger partial charge in [0.25, 0.3) is 0 Å². The van der Waals surface area contributed by atoms with E-state index in [0.717, 1.165) is 34.1 Å². The van der Waals surface area contributed by atoms with Gasteiger partial charge in [-0.05, 0) is 95.1 Å². The van der Waals surface area contributed by atoms with E-state index in [1.807, 2.05) is 77.5 Å². The van der Waals surface area contributed by atoms with Gasteiger partial charge in [-0.2, -0.15) is 0 Å². The predicted molar refractivity (Wildman–Crippen MR) is 196 cm³/mol. The Balaban J connectivity index is 1.17. The minimum absolute atomic E-state index is 0.226. The number of halogens is 2. The van der Waals surface area contributed by atoms with Crippen LogP contribution in [-0.4, -0.2) is 35.3 Å². The quantitative estimate of drug-likeness (QED) is 0.139. The van der Waals surface area contributed by atoms with E-state index in [9.17, 15) is 18.3 Å². The lowest BCUT2D eigenvalue weighted by atomic mass is 10.0. The Morgan fingerprint density at radius 1 is 0.837 bits per heavy atom. The highest BCUT2D eigenvalue weighted by Crippen LogP contribution is 2.31. The average molecular weight is 711 g/mol. The van der Waals surface area contributed by atoms with Crippen molar-refractivity contribution < 1.29 is 23.1 Å². The SMILES string of the molecule is CS(=O)(=O)Nc1ccc(Oc2ccc(-c3ccc(C=Cc4nc(-c5ccc(Cl)cc5Cl)cn4Cc4ccc(C(=O)O)cc4)cc3)cc2)cc1. The molecular weight excluding hydrogens is 681 g/mol. The van der Waals surface area contributed by atoms with Crippen LogP contribution in [0.4, 0.5) is 5.69 Å². The highest BCUT2D eigenvalue weighted by Gasteiger charge is 2.13. The number of ether oxygens (including phenoxy) is 1. The smallest absolute Gasteiger partial charge is 0.335 e. The topological polar surface area (TPSA) is 111 Å². The van der Waals surface area contributed by atoms with E-state index in [1.165, 1.54) is 0 Å². The molecule has 0 aliphatic carbocycles. The van der Waals surface area contributed by atoms with Crippen molar-refractivity contribution in [3.8, 4) is 33.9 Å². The Hall–Kier alpha value is -5.35. The maximum atomic E-state index is 11.4. The zero-order valence-electron chi connectivity index (χ0n) is 26.0. The number of carboxylic acid groups (broad SMARTS) is 1. The number of hydrogen-bond acceptors (Lipinski definition) is 5. The largest absolute Gasteiger partial charge is 0.478 e. The molecule has 2 N–H and O–H groups in total. The first kappa shape index (κ1) is 33.5. The maximum Gasteiger partial charge on any atom is 0.335 e. The third-order valence-corrected chi connectivity index (χ3v) is 8.64. The van der Waals surface area contributed by atoms with Gasteiger partial charge in [0.1, 0.15) is 17.3 Å². The van der Waals surface area contributed by atoms with Gasteiger partial charge in [-0.1, -0.05) is 77.8 Å². The fourth-order valence-corrected chi connectivity index (χ4v) is 6.15. The first-order valence-corrected chi connectivity index (χ1v) is 17.6. The number of imidazole rings is 1. The third-order valence-electron chi connectivity index (χ3n) is 7.48. The molecule has 0 aliphatic heterocycles. The van der Waals surface area contributed by atoms with E-state index >= 15 is 0 Å². The summed E-state index contributed by atoms with van der Waals surface area (Å²) in [5.74, 6) is 0.965. The Morgan fingerprint density at radius 2 is 1.45 bits per heavy atom. The first-order valence-electron chi connectivity index (χ1n) is 15.0. The zero-order chi connectivity index (χ0) is 34.5. The van der Waals surface area contributed by atoms with Crippen LogP contribution in [0.3, 0.4) is 0 Å². The number of hydrogen-bond donors (Lipinski definition) is 2. The molecule has 0 saturated carbocycles. The molecule has 0 bridgehead atoms. The van der Waals surface area contributed by atoms with E-state index in [4.69, 9.17) is 32.9 Å². The summed E-state index contributed by atoms with van der Waals surface area (Å²) < 4.78 is 33.2. The molecule has 49 heavy (non-hydrogen) atoms. The van der Waals surface area contributed by atoms with Crippen molar-refractivity contribution in [1.29, 1.82) is 0 Å². The molecule has 0 spiro atoms. The number of carbonyl (C=O) groups is 1. The van der Waals surface area contributed by atoms with Gasteiger partial charge in [-0.3, -0.25) is 4.72 Å². The van der Waals surface area contributed by atoms with E-state index < -0.39 is 16.0 Å². The average Bonchev–Trinajstić information content (AvgIpc) is 3.46. The summed E-state index contributed by atoms with van der Waals surface area (Å²) >= 11 is 12.6. The summed E-state index contributed by atoms with van der Waals surface area (Å²) in [7, 11) is -3.35. The molecule has 5 aromatic carbocycles. The van der Waals surface area contributed by atoms with Crippen molar-refractivity contribution >= 4 is 57.0 Å². The van der Waals surface area contributed by atoms with Gasteiger partial charge in [0, 0.05) is 29.0 Å². The number of nitrogens with zero attached hydrogens (tertiary/aromatic N) is 2. The minimum Gasteiger partial charge on any atom is -0.478 e. The molecule has 6 rings (SSSR count). The number of sulfonamides is 1. The van der Waals surface area contributed by atoms with Crippen LogP contribution in [0.2, 0.25) is 10.0 Å². The van der Waals surface area contributed by atoms with Gasteiger partial charge in [0.05, 0.1) is 22.5 Å².